The molecule has 0 bridgehead atoms. The number of fused-ring (bicyclic) bond motifs is 1. The number of aromatic nitrogens is 3. The first-order valence-electron chi connectivity index (χ1n) is 5.91. The molecule has 0 saturated carbocycles. The van der Waals surface area contributed by atoms with Crippen molar-refractivity contribution < 1.29 is 0 Å². The molecule has 0 aliphatic rings. The summed E-state index contributed by atoms with van der Waals surface area (Å²) >= 11 is 6.00. The molecular formula is C14H12ClN3O. The summed E-state index contributed by atoms with van der Waals surface area (Å²) in [5, 5.41) is 7.14. The van der Waals surface area contributed by atoms with Crippen molar-refractivity contribution in [1.82, 2.24) is 14.8 Å². The molecule has 1 N–H and O–H groups in total. The van der Waals surface area contributed by atoms with E-state index >= 15 is 0 Å². The van der Waals surface area contributed by atoms with E-state index in [0.29, 0.717) is 16.1 Å². The lowest BCUT2D eigenvalue weighted by Gasteiger charge is -2.09. The Morgan fingerprint density at radius 3 is 2.79 bits per heavy atom. The van der Waals surface area contributed by atoms with Gasteiger partial charge in [-0.15, -0.1) is 0 Å². The average molecular weight is 274 g/mol. The maximum atomic E-state index is 12.0. The Bertz CT molecular complexity index is 832. The molecule has 3 aromatic rings. The van der Waals surface area contributed by atoms with Gasteiger partial charge in [0.15, 0.2) is 5.15 Å². The Labute approximate surface area is 114 Å². The van der Waals surface area contributed by atoms with Crippen LogP contribution in [0.2, 0.25) is 5.15 Å². The molecule has 0 saturated heterocycles. The average Bonchev–Trinajstić information content (AvgIpc) is 2.80. The number of benzene rings is 1. The molecule has 0 amide bonds. The third-order valence-corrected chi connectivity index (χ3v) is 3.48. The van der Waals surface area contributed by atoms with Crippen molar-refractivity contribution in [3.05, 3.63) is 57.1 Å². The molecule has 0 aliphatic carbocycles. The van der Waals surface area contributed by atoms with Crippen LogP contribution in [0, 0.1) is 13.8 Å². The van der Waals surface area contributed by atoms with Gasteiger partial charge in [-0.3, -0.25) is 4.79 Å². The van der Waals surface area contributed by atoms with E-state index < -0.39 is 0 Å². The lowest BCUT2D eigenvalue weighted by molar-refractivity contribution is 0.989. The summed E-state index contributed by atoms with van der Waals surface area (Å²) in [6, 6.07) is 7.90. The van der Waals surface area contributed by atoms with Gasteiger partial charge in [-0.1, -0.05) is 29.3 Å². The molecule has 0 unspecified atom stereocenters. The van der Waals surface area contributed by atoms with E-state index in [0.717, 1.165) is 11.3 Å². The third-order valence-electron chi connectivity index (χ3n) is 3.19. The molecule has 3 rings (SSSR count). The maximum absolute atomic E-state index is 12.0. The normalized spacial score (nSPS) is 11.1. The summed E-state index contributed by atoms with van der Waals surface area (Å²) in [5.74, 6) is 0. The lowest BCUT2D eigenvalue weighted by Crippen LogP contribution is -2.12. The lowest BCUT2D eigenvalue weighted by atomic mass is 10.1. The van der Waals surface area contributed by atoms with E-state index in [2.05, 4.69) is 16.3 Å². The first kappa shape index (κ1) is 12.0. The zero-order valence-electron chi connectivity index (χ0n) is 10.6. The van der Waals surface area contributed by atoms with Crippen LogP contribution in [0.5, 0.6) is 0 Å². The van der Waals surface area contributed by atoms with Gasteiger partial charge in [-0.25, -0.2) is 5.10 Å². The van der Waals surface area contributed by atoms with Gasteiger partial charge in [0.25, 0.3) is 5.56 Å². The molecule has 0 radical (unpaired) electrons. The second-order valence-electron chi connectivity index (χ2n) is 4.58. The van der Waals surface area contributed by atoms with Gasteiger partial charge in [-0.2, -0.15) is 5.10 Å². The van der Waals surface area contributed by atoms with Gasteiger partial charge in [-0.05, 0) is 31.5 Å². The molecule has 0 fully saturated rings. The molecule has 0 aliphatic heterocycles. The maximum Gasteiger partial charge on any atom is 0.289 e. The second kappa shape index (κ2) is 4.24. The molecule has 2 aromatic heterocycles. The van der Waals surface area contributed by atoms with Crippen molar-refractivity contribution in [3.8, 4) is 5.69 Å². The van der Waals surface area contributed by atoms with E-state index in [1.165, 1.54) is 5.56 Å². The fourth-order valence-corrected chi connectivity index (χ4v) is 2.51. The third kappa shape index (κ3) is 1.85. The number of rotatable bonds is 1. The van der Waals surface area contributed by atoms with Gasteiger partial charge in [0.2, 0.25) is 0 Å². The fraction of sp³-hybridized carbons (Fsp3) is 0.143. The highest BCUT2D eigenvalue weighted by Gasteiger charge is 2.12. The van der Waals surface area contributed by atoms with Crippen molar-refractivity contribution in [2.45, 2.75) is 13.8 Å². The molecule has 96 valence electrons. The van der Waals surface area contributed by atoms with Crippen LogP contribution < -0.4 is 5.56 Å². The van der Waals surface area contributed by atoms with Crippen LogP contribution in [0.4, 0.5) is 0 Å². The Hall–Kier alpha value is -2.07. The Balaban J connectivity index is 2.38. The largest absolute Gasteiger partial charge is 0.311 e. The number of H-pyrrole nitrogens is 1. The minimum atomic E-state index is -0.246. The highest BCUT2D eigenvalue weighted by Crippen LogP contribution is 2.24. The van der Waals surface area contributed by atoms with Crippen molar-refractivity contribution >= 4 is 22.5 Å². The van der Waals surface area contributed by atoms with Crippen LogP contribution in [0.25, 0.3) is 16.6 Å². The number of hydrogen-bond acceptors (Lipinski definition) is 2. The number of halogens is 1. The molecule has 19 heavy (non-hydrogen) atoms. The van der Waals surface area contributed by atoms with E-state index in [-0.39, 0.29) is 5.56 Å². The van der Waals surface area contributed by atoms with Gasteiger partial charge in [0.05, 0.1) is 0 Å². The van der Waals surface area contributed by atoms with Crippen LogP contribution in [0.3, 0.4) is 0 Å². The number of nitrogens with zero attached hydrogens (tertiary/aromatic N) is 2. The fourth-order valence-electron chi connectivity index (χ4n) is 2.32. The summed E-state index contributed by atoms with van der Waals surface area (Å²) in [6.07, 6.45) is 1.84. The van der Waals surface area contributed by atoms with Crippen molar-refractivity contribution in [2.24, 2.45) is 0 Å². The SMILES string of the molecule is Cc1ccc(-n2ccc3c(Cl)n[nH]c(=O)c32)c(C)c1. The first-order chi connectivity index (χ1) is 9.08. The molecule has 0 atom stereocenters. The van der Waals surface area contributed by atoms with Gasteiger partial charge in [0, 0.05) is 17.3 Å². The highest BCUT2D eigenvalue weighted by molar-refractivity contribution is 6.34. The number of aryl methyl sites for hydroxylation is 2. The second-order valence-corrected chi connectivity index (χ2v) is 4.94. The van der Waals surface area contributed by atoms with Gasteiger partial charge < -0.3 is 4.57 Å². The smallest absolute Gasteiger partial charge is 0.289 e. The molecule has 1 aromatic carbocycles. The van der Waals surface area contributed by atoms with Crippen LogP contribution in [-0.4, -0.2) is 14.8 Å². The van der Waals surface area contributed by atoms with Crippen LogP contribution in [-0.2, 0) is 0 Å². The minimum Gasteiger partial charge on any atom is -0.311 e. The summed E-state index contributed by atoms with van der Waals surface area (Å²) in [4.78, 5) is 12.0. The van der Waals surface area contributed by atoms with E-state index in [4.69, 9.17) is 11.6 Å². The Kier molecular flexibility index (Phi) is 2.68. The Morgan fingerprint density at radius 2 is 2.05 bits per heavy atom. The summed E-state index contributed by atoms with van der Waals surface area (Å²) in [7, 11) is 0. The number of nitrogens with one attached hydrogen (secondary N) is 1. The van der Waals surface area contributed by atoms with Crippen molar-refractivity contribution in [3.63, 3.8) is 0 Å². The zero-order chi connectivity index (χ0) is 13.6. The van der Waals surface area contributed by atoms with Crippen LogP contribution in [0.15, 0.2) is 35.3 Å². The van der Waals surface area contributed by atoms with E-state index in [1.807, 2.05) is 36.7 Å². The molecule has 2 heterocycles. The van der Waals surface area contributed by atoms with Crippen molar-refractivity contribution in [2.75, 3.05) is 0 Å². The quantitative estimate of drug-likeness (QED) is 0.741. The minimum absolute atomic E-state index is 0.246. The van der Waals surface area contributed by atoms with Crippen LogP contribution >= 0.6 is 11.6 Å². The topological polar surface area (TPSA) is 50.7 Å². The predicted molar refractivity (Wildman–Crippen MR) is 76.2 cm³/mol. The summed E-state index contributed by atoms with van der Waals surface area (Å²) in [6.45, 7) is 4.06. The monoisotopic (exact) mass is 273 g/mol. The molecule has 4 nitrogen and oxygen atoms in total. The number of aromatic amines is 1. The molecular weight excluding hydrogens is 262 g/mol. The van der Waals surface area contributed by atoms with Crippen molar-refractivity contribution in [1.29, 1.82) is 0 Å². The summed E-state index contributed by atoms with van der Waals surface area (Å²) < 4.78 is 1.84. The highest BCUT2D eigenvalue weighted by atomic mass is 35.5. The van der Waals surface area contributed by atoms with E-state index in [1.54, 1.807) is 6.07 Å². The van der Waals surface area contributed by atoms with Crippen LogP contribution in [0.1, 0.15) is 11.1 Å². The Morgan fingerprint density at radius 1 is 1.26 bits per heavy atom. The predicted octanol–water partition coefficient (Wildman–Crippen LogP) is 2.98. The number of hydrogen-bond donors (Lipinski definition) is 1. The zero-order valence-corrected chi connectivity index (χ0v) is 11.3. The van der Waals surface area contributed by atoms with Gasteiger partial charge in [0.1, 0.15) is 5.52 Å². The standard InChI is InChI=1S/C14H12ClN3O/c1-8-3-4-11(9(2)7-8)18-6-5-10-12(18)14(19)17-16-13(10)15/h3-7H,1-2H3,(H,17,19). The molecule has 0 spiro atoms. The van der Waals surface area contributed by atoms with E-state index in [9.17, 15) is 4.79 Å². The summed E-state index contributed by atoms with van der Waals surface area (Å²) in [5.41, 5.74) is 3.53. The first-order valence-corrected chi connectivity index (χ1v) is 6.28. The molecule has 5 heteroatoms. The van der Waals surface area contributed by atoms with Gasteiger partial charge >= 0.3 is 0 Å².